The van der Waals surface area contributed by atoms with E-state index in [-0.39, 0.29) is 0 Å². The first kappa shape index (κ1) is 17.0. The van der Waals surface area contributed by atoms with Crippen LogP contribution in [-0.4, -0.2) is 13.1 Å². The Morgan fingerprint density at radius 1 is 0.941 bits per heavy atom. The van der Waals surface area contributed by atoms with Crippen molar-refractivity contribution < 1.29 is 0 Å². The maximum absolute atomic E-state index is 3.68. The van der Waals surface area contributed by atoms with E-state index in [4.69, 9.17) is 0 Å². The van der Waals surface area contributed by atoms with Gasteiger partial charge < -0.3 is 5.32 Å². The van der Waals surface area contributed by atoms with E-state index >= 15 is 0 Å². The topological polar surface area (TPSA) is 12.0 Å². The summed E-state index contributed by atoms with van der Waals surface area (Å²) in [5, 5.41) is 3.68. The fourth-order valence-corrected chi connectivity index (χ4v) is 2.68. The summed E-state index contributed by atoms with van der Waals surface area (Å²) in [5.41, 5.74) is 0.533. The van der Waals surface area contributed by atoms with Crippen molar-refractivity contribution in [1.82, 2.24) is 5.32 Å². The Kier molecular flexibility index (Phi) is 8.94. The Bertz CT molecular complexity index is 166. The van der Waals surface area contributed by atoms with Crippen molar-refractivity contribution in [2.45, 2.75) is 73.6 Å². The first-order chi connectivity index (χ1) is 8.03. The van der Waals surface area contributed by atoms with Crippen molar-refractivity contribution in [3.05, 3.63) is 0 Å². The zero-order valence-electron chi connectivity index (χ0n) is 13.1. The van der Waals surface area contributed by atoms with Crippen LogP contribution in [0.15, 0.2) is 0 Å². The third kappa shape index (κ3) is 6.45. The van der Waals surface area contributed by atoms with Crippen LogP contribution in [0.25, 0.3) is 0 Å². The summed E-state index contributed by atoms with van der Waals surface area (Å²) in [6, 6.07) is 0. The monoisotopic (exact) mass is 241 g/mol. The summed E-state index contributed by atoms with van der Waals surface area (Å²) in [4.78, 5) is 0. The third-order valence-electron chi connectivity index (χ3n) is 4.43. The van der Waals surface area contributed by atoms with E-state index in [9.17, 15) is 0 Å². The quantitative estimate of drug-likeness (QED) is 0.575. The zero-order chi connectivity index (χ0) is 13.3. The van der Waals surface area contributed by atoms with Crippen molar-refractivity contribution in [3.63, 3.8) is 0 Å². The van der Waals surface area contributed by atoms with Gasteiger partial charge in [0.2, 0.25) is 0 Å². The molecule has 0 saturated heterocycles. The van der Waals surface area contributed by atoms with Gasteiger partial charge in [-0.15, -0.1) is 0 Å². The molecule has 1 nitrogen and oxygen atoms in total. The number of nitrogens with one attached hydrogen (secondary N) is 1. The molecule has 0 spiro atoms. The van der Waals surface area contributed by atoms with Crippen LogP contribution in [0.1, 0.15) is 73.6 Å². The molecular weight excluding hydrogens is 206 g/mol. The van der Waals surface area contributed by atoms with Gasteiger partial charge in [0.05, 0.1) is 0 Å². The molecule has 0 radical (unpaired) electrons. The molecule has 0 aromatic heterocycles. The van der Waals surface area contributed by atoms with Crippen LogP contribution in [0, 0.1) is 17.3 Å². The lowest BCUT2D eigenvalue weighted by atomic mass is 9.73. The highest BCUT2D eigenvalue weighted by atomic mass is 14.9. The summed E-state index contributed by atoms with van der Waals surface area (Å²) in [6.07, 6.45) is 6.69. The Morgan fingerprint density at radius 2 is 1.47 bits per heavy atom. The van der Waals surface area contributed by atoms with E-state index in [2.05, 4.69) is 46.9 Å². The second-order valence-electron chi connectivity index (χ2n) is 6.12. The molecule has 0 atom stereocenters. The Hall–Kier alpha value is -0.0400. The van der Waals surface area contributed by atoms with Crippen LogP contribution in [0.3, 0.4) is 0 Å². The molecule has 0 saturated carbocycles. The molecule has 0 aliphatic carbocycles. The van der Waals surface area contributed by atoms with E-state index in [1.54, 1.807) is 0 Å². The first-order valence-electron chi connectivity index (χ1n) is 7.74. The fraction of sp³-hybridized carbons (Fsp3) is 1.00. The summed E-state index contributed by atoms with van der Waals surface area (Å²) in [7, 11) is 0. The summed E-state index contributed by atoms with van der Waals surface area (Å²) >= 11 is 0. The average molecular weight is 241 g/mol. The van der Waals surface area contributed by atoms with Gasteiger partial charge in [-0.3, -0.25) is 0 Å². The van der Waals surface area contributed by atoms with Crippen LogP contribution >= 0.6 is 0 Å². The van der Waals surface area contributed by atoms with Crippen LogP contribution in [0.4, 0.5) is 0 Å². The van der Waals surface area contributed by atoms with Crippen molar-refractivity contribution in [3.8, 4) is 0 Å². The van der Waals surface area contributed by atoms with Gasteiger partial charge >= 0.3 is 0 Å². The molecule has 104 valence electrons. The normalized spacial score (nSPS) is 12.7. The van der Waals surface area contributed by atoms with Gasteiger partial charge in [-0.25, -0.2) is 0 Å². The minimum Gasteiger partial charge on any atom is -0.316 e. The molecule has 0 rings (SSSR count). The first-order valence-corrected chi connectivity index (χ1v) is 7.74. The number of rotatable bonds is 10. The van der Waals surface area contributed by atoms with Gasteiger partial charge in [0.1, 0.15) is 0 Å². The van der Waals surface area contributed by atoms with Gasteiger partial charge in [-0.05, 0) is 43.1 Å². The van der Waals surface area contributed by atoms with E-state index < -0.39 is 0 Å². The maximum Gasteiger partial charge on any atom is 0.000782 e. The lowest BCUT2D eigenvalue weighted by Gasteiger charge is -2.35. The molecule has 0 aromatic carbocycles. The van der Waals surface area contributed by atoms with Crippen LogP contribution < -0.4 is 5.32 Å². The van der Waals surface area contributed by atoms with Crippen molar-refractivity contribution in [2.24, 2.45) is 17.3 Å². The standard InChI is InChI=1S/C16H35N/c1-7-15(8-2)11-16(9-3,10-4)13-17-12-14(5)6/h14-15,17H,7-13H2,1-6H3. The average Bonchev–Trinajstić information content (AvgIpc) is 2.33. The van der Waals surface area contributed by atoms with E-state index in [0.717, 1.165) is 18.4 Å². The highest BCUT2D eigenvalue weighted by Crippen LogP contribution is 2.35. The molecule has 0 aliphatic rings. The van der Waals surface area contributed by atoms with Crippen molar-refractivity contribution in [1.29, 1.82) is 0 Å². The molecule has 0 fully saturated rings. The Labute approximate surface area is 110 Å². The van der Waals surface area contributed by atoms with Crippen LogP contribution in [0.2, 0.25) is 0 Å². The number of hydrogen-bond donors (Lipinski definition) is 1. The minimum absolute atomic E-state index is 0.533. The summed E-state index contributed by atoms with van der Waals surface area (Å²) in [6.45, 7) is 16.3. The molecule has 17 heavy (non-hydrogen) atoms. The smallest absolute Gasteiger partial charge is 0.000782 e. The highest BCUT2D eigenvalue weighted by Gasteiger charge is 2.28. The maximum atomic E-state index is 3.68. The lowest BCUT2D eigenvalue weighted by Crippen LogP contribution is -2.36. The second-order valence-corrected chi connectivity index (χ2v) is 6.12. The molecule has 0 aromatic rings. The van der Waals surface area contributed by atoms with Gasteiger partial charge in [0.15, 0.2) is 0 Å². The van der Waals surface area contributed by atoms with E-state index in [1.807, 2.05) is 0 Å². The molecule has 0 unspecified atom stereocenters. The fourth-order valence-electron chi connectivity index (χ4n) is 2.68. The second kappa shape index (κ2) is 8.97. The summed E-state index contributed by atoms with van der Waals surface area (Å²) in [5.74, 6) is 1.67. The van der Waals surface area contributed by atoms with Gasteiger partial charge in [-0.1, -0.05) is 54.4 Å². The van der Waals surface area contributed by atoms with Crippen LogP contribution in [0.5, 0.6) is 0 Å². The molecule has 0 amide bonds. The van der Waals surface area contributed by atoms with Gasteiger partial charge in [-0.2, -0.15) is 0 Å². The SMILES string of the molecule is CCC(CC)CC(CC)(CC)CNCC(C)C. The summed E-state index contributed by atoms with van der Waals surface area (Å²) < 4.78 is 0. The largest absolute Gasteiger partial charge is 0.316 e. The molecule has 0 heterocycles. The van der Waals surface area contributed by atoms with E-state index in [1.165, 1.54) is 38.6 Å². The number of hydrogen-bond acceptors (Lipinski definition) is 1. The molecule has 0 aliphatic heterocycles. The molecule has 0 bridgehead atoms. The van der Waals surface area contributed by atoms with Crippen molar-refractivity contribution >= 4 is 0 Å². The third-order valence-corrected chi connectivity index (χ3v) is 4.43. The van der Waals surface area contributed by atoms with Crippen LogP contribution in [-0.2, 0) is 0 Å². The molecule has 1 heteroatoms. The zero-order valence-corrected chi connectivity index (χ0v) is 13.1. The lowest BCUT2D eigenvalue weighted by molar-refractivity contribution is 0.179. The predicted molar refractivity (Wildman–Crippen MR) is 79.4 cm³/mol. The Morgan fingerprint density at radius 3 is 1.82 bits per heavy atom. The highest BCUT2D eigenvalue weighted by molar-refractivity contribution is 4.81. The minimum atomic E-state index is 0.533. The predicted octanol–water partition coefficient (Wildman–Crippen LogP) is 4.86. The van der Waals surface area contributed by atoms with Gasteiger partial charge in [0, 0.05) is 6.54 Å². The Balaban J connectivity index is 4.33. The van der Waals surface area contributed by atoms with Crippen molar-refractivity contribution in [2.75, 3.05) is 13.1 Å². The molecule has 1 N–H and O–H groups in total. The van der Waals surface area contributed by atoms with E-state index in [0.29, 0.717) is 5.41 Å². The van der Waals surface area contributed by atoms with Gasteiger partial charge in [0.25, 0.3) is 0 Å². The molecular formula is C16H35N.